The van der Waals surface area contributed by atoms with Gasteiger partial charge in [0.1, 0.15) is 23.1 Å². The van der Waals surface area contributed by atoms with Crippen molar-refractivity contribution < 1.29 is 19.0 Å². The number of methoxy groups -OCH3 is 1. The van der Waals surface area contributed by atoms with Crippen LogP contribution in [0.2, 0.25) is 0 Å². The second kappa shape index (κ2) is 12.1. The molecule has 0 aliphatic rings. The summed E-state index contributed by atoms with van der Waals surface area (Å²) in [6.07, 6.45) is 1.82. The van der Waals surface area contributed by atoms with Gasteiger partial charge in [0.25, 0.3) is 5.91 Å². The molecule has 1 amide bonds. The summed E-state index contributed by atoms with van der Waals surface area (Å²) in [7, 11) is 1.65. The van der Waals surface area contributed by atoms with E-state index in [-0.39, 0.29) is 12.5 Å². The maximum Gasteiger partial charge on any atom is 0.258 e. The summed E-state index contributed by atoms with van der Waals surface area (Å²) < 4.78 is 18.9. The number of nitrogens with zero attached hydrogens (tertiary/aromatic N) is 2. The zero-order valence-corrected chi connectivity index (χ0v) is 21.1. The van der Waals surface area contributed by atoms with E-state index in [0.29, 0.717) is 13.2 Å². The van der Waals surface area contributed by atoms with Gasteiger partial charge in [-0.15, -0.1) is 0 Å². The molecular formula is C29H33N3O4. The van der Waals surface area contributed by atoms with E-state index in [2.05, 4.69) is 16.0 Å². The number of benzene rings is 3. The van der Waals surface area contributed by atoms with Gasteiger partial charge >= 0.3 is 0 Å². The molecule has 0 spiro atoms. The highest BCUT2D eigenvalue weighted by atomic mass is 16.5. The predicted molar refractivity (Wildman–Crippen MR) is 141 cm³/mol. The van der Waals surface area contributed by atoms with Crippen molar-refractivity contribution in [2.75, 3.05) is 20.3 Å². The monoisotopic (exact) mass is 487 g/mol. The van der Waals surface area contributed by atoms with Crippen molar-refractivity contribution in [2.24, 2.45) is 0 Å². The summed E-state index contributed by atoms with van der Waals surface area (Å²) in [5, 5.41) is 2.95. The van der Waals surface area contributed by atoms with Crippen LogP contribution in [-0.2, 0) is 17.9 Å². The molecule has 1 N–H and O–H groups in total. The molecule has 7 heteroatoms. The van der Waals surface area contributed by atoms with Gasteiger partial charge in [-0.3, -0.25) is 4.79 Å². The van der Waals surface area contributed by atoms with E-state index < -0.39 is 0 Å². The number of aryl methyl sites for hydroxylation is 3. The van der Waals surface area contributed by atoms with Crippen molar-refractivity contribution in [3.8, 4) is 17.2 Å². The van der Waals surface area contributed by atoms with Gasteiger partial charge in [-0.1, -0.05) is 24.3 Å². The normalized spacial score (nSPS) is 10.9. The van der Waals surface area contributed by atoms with Crippen LogP contribution in [0.1, 0.15) is 29.8 Å². The first-order valence-electron chi connectivity index (χ1n) is 12.2. The number of para-hydroxylation sites is 2. The molecule has 0 aliphatic carbocycles. The van der Waals surface area contributed by atoms with Crippen molar-refractivity contribution >= 4 is 16.9 Å². The highest BCUT2D eigenvalue weighted by molar-refractivity contribution is 5.78. The van der Waals surface area contributed by atoms with Crippen molar-refractivity contribution in [1.29, 1.82) is 0 Å². The Morgan fingerprint density at radius 3 is 2.53 bits per heavy atom. The Morgan fingerprint density at radius 1 is 0.944 bits per heavy atom. The Labute approximate surface area is 212 Å². The summed E-state index contributed by atoms with van der Waals surface area (Å²) in [5.41, 5.74) is 4.08. The van der Waals surface area contributed by atoms with E-state index in [1.54, 1.807) is 7.11 Å². The number of rotatable bonds is 12. The highest BCUT2D eigenvalue weighted by Crippen LogP contribution is 2.20. The number of hydrogen-bond acceptors (Lipinski definition) is 5. The third-order valence-corrected chi connectivity index (χ3v) is 5.98. The van der Waals surface area contributed by atoms with E-state index >= 15 is 0 Å². The number of amides is 1. The van der Waals surface area contributed by atoms with E-state index in [1.807, 2.05) is 74.5 Å². The number of nitrogens with one attached hydrogen (secondary N) is 1. The number of carbonyl (C=O) groups excluding carboxylic acids is 1. The summed E-state index contributed by atoms with van der Waals surface area (Å²) in [6, 6.07) is 21.6. The van der Waals surface area contributed by atoms with Crippen LogP contribution in [0.3, 0.4) is 0 Å². The lowest BCUT2D eigenvalue weighted by Gasteiger charge is -2.12. The lowest BCUT2D eigenvalue weighted by Crippen LogP contribution is -2.29. The Balaban J connectivity index is 1.30. The molecule has 4 rings (SSSR count). The molecule has 0 unspecified atom stereocenters. The van der Waals surface area contributed by atoms with Crippen LogP contribution in [0, 0.1) is 13.8 Å². The van der Waals surface area contributed by atoms with Crippen LogP contribution < -0.4 is 19.5 Å². The van der Waals surface area contributed by atoms with Gasteiger partial charge in [-0.25, -0.2) is 4.98 Å². The van der Waals surface area contributed by atoms with Crippen LogP contribution in [0.25, 0.3) is 11.0 Å². The van der Waals surface area contributed by atoms with Gasteiger partial charge in [-0.2, -0.15) is 0 Å². The van der Waals surface area contributed by atoms with Crippen molar-refractivity contribution in [3.63, 3.8) is 0 Å². The fourth-order valence-corrected chi connectivity index (χ4v) is 3.98. The SMILES string of the molecule is COc1ccc(OCCCCn2c(CNC(=O)COc3cc(C)ccc3C)nc3ccccc32)cc1. The quantitative estimate of drug-likeness (QED) is 0.278. The first-order chi connectivity index (χ1) is 17.5. The number of fused-ring (bicyclic) bond motifs is 1. The van der Waals surface area contributed by atoms with Gasteiger partial charge in [0.05, 0.1) is 31.3 Å². The zero-order valence-electron chi connectivity index (χ0n) is 21.1. The molecule has 0 aliphatic heterocycles. The van der Waals surface area contributed by atoms with Crippen LogP contribution in [0.5, 0.6) is 17.2 Å². The Bertz CT molecular complexity index is 1300. The second-order valence-electron chi connectivity index (χ2n) is 8.73. The largest absolute Gasteiger partial charge is 0.497 e. The van der Waals surface area contributed by atoms with E-state index in [4.69, 9.17) is 19.2 Å². The average molecular weight is 488 g/mol. The third kappa shape index (κ3) is 6.56. The van der Waals surface area contributed by atoms with Gasteiger partial charge in [0, 0.05) is 6.54 Å². The summed E-state index contributed by atoms with van der Waals surface area (Å²) >= 11 is 0. The van der Waals surface area contributed by atoms with Crippen LogP contribution >= 0.6 is 0 Å². The Morgan fingerprint density at radius 2 is 1.72 bits per heavy atom. The minimum Gasteiger partial charge on any atom is -0.497 e. The van der Waals surface area contributed by atoms with Gasteiger partial charge in [-0.05, 0) is 80.3 Å². The minimum absolute atomic E-state index is 0.0345. The van der Waals surface area contributed by atoms with Crippen molar-refractivity contribution in [3.05, 3.63) is 83.7 Å². The highest BCUT2D eigenvalue weighted by Gasteiger charge is 2.12. The number of imidazole rings is 1. The number of unbranched alkanes of at least 4 members (excludes halogenated alkanes) is 1. The molecule has 0 saturated heterocycles. The fraction of sp³-hybridized carbons (Fsp3) is 0.310. The Kier molecular flexibility index (Phi) is 8.44. The van der Waals surface area contributed by atoms with E-state index in [1.165, 1.54) is 0 Å². The molecule has 0 atom stereocenters. The van der Waals surface area contributed by atoms with E-state index in [9.17, 15) is 4.79 Å². The lowest BCUT2D eigenvalue weighted by atomic mass is 10.1. The fourth-order valence-electron chi connectivity index (χ4n) is 3.98. The van der Waals surface area contributed by atoms with E-state index in [0.717, 1.165) is 64.6 Å². The molecule has 3 aromatic carbocycles. The van der Waals surface area contributed by atoms with Crippen LogP contribution in [0.15, 0.2) is 66.7 Å². The smallest absolute Gasteiger partial charge is 0.258 e. The minimum atomic E-state index is -0.178. The van der Waals surface area contributed by atoms with Crippen LogP contribution in [-0.4, -0.2) is 35.8 Å². The molecule has 188 valence electrons. The molecule has 0 fully saturated rings. The number of aromatic nitrogens is 2. The second-order valence-corrected chi connectivity index (χ2v) is 8.73. The first-order valence-corrected chi connectivity index (χ1v) is 12.2. The lowest BCUT2D eigenvalue weighted by molar-refractivity contribution is -0.123. The number of hydrogen-bond donors (Lipinski definition) is 1. The van der Waals surface area contributed by atoms with Crippen molar-refractivity contribution in [1.82, 2.24) is 14.9 Å². The summed E-state index contributed by atoms with van der Waals surface area (Å²) in [6.45, 7) is 5.69. The molecule has 0 saturated carbocycles. The Hall–Kier alpha value is -4.00. The first kappa shape index (κ1) is 25.1. The maximum atomic E-state index is 12.5. The summed E-state index contributed by atoms with van der Waals surface area (Å²) in [4.78, 5) is 17.2. The van der Waals surface area contributed by atoms with Gasteiger partial charge < -0.3 is 24.1 Å². The molecule has 4 aromatic rings. The van der Waals surface area contributed by atoms with Gasteiger partial charge in [0.15, 0.2) is 6.61 Å². The molecule has 36 heavy (non-hydrogen) atoms. The topological polar surface area (TPSA) is 74.6 Å². The molecule has 7 nitrogen and oxygen atoms in total. The molecule has 0 bridgehead atoms. The van der Waals surface area contributed by atoms with Crippen molar-refractivity contribution in [2.45, 2.75) is 39.8 Å². The standard InChI is InChI=1S/C29H33N3O4/c1-21-10-11-22(2)27(18-21)36-20-29(33)30-19-28-31-25-8-4-5-9-26(25)32(28)16-6-7-17-35-24-14-12-23(34-3)13-15-24/h4-5,8-15,18H,6-7,16-17,19-20H2,1-3H3,(H,30,33). The maximum absolute atomic E-state index is 12.5. The number of ether oxygens (including phenoxy) is 3. The number of carbonyl (C=O) groups is 1. The molecule has 1 heterocycles. The van der Waals surface area contributed by atoms with Crippen LogP contribution in [0.4, 0.5) is 0 Å². The van der Waals surface area contributed by atoms with Gasteiger partial charge in [0.2, 0.25) is 0 Å². The molecular weight excluding hydrogens is 454 g/mol. The third-order valence-electron chi connectivity index (χ3n) is 5.98. The molecule has 1 aromatic heterocycles. The predicted octanol–water partition coefficient (Wildman–Crippen LogP) is 5.22. The average Bonchev–Trinajstić information content (AvgIpc) is 3.25. The zero-order chi connectivity index (χ0) is 25.3. The summed E-state index contributed by atoms with van der Waals surface area (Å²) in [5.74, 6) is 3.02. The molecule has 0 radical (unpaired) electrons.